The van der Waals surface area contributed by atoms with Gasteiger partial charge in [0.2, 0.25) is 0 Å². The zero-order chi connectivity index (χ0) is 22.3. The third-order valence-corrected chi connectivity index (χ3v) is 4.95. The molecule has 160 valence electrons. The lowest BCUT2D eigenvalue weighted by molar-refractivity contribution is -0.144. The van der Waals surface area contributed by atoms with Gasteiger partial charge in [0.25, 0.3) is 0 Å². The molecular formula is C27H23NO4. The molecule has 32 heavy (non-hydrogen) atoms. The Morgan fingerprint density at radius 2 is 1.69 bits per heavy atom. The number of carbonyl (C=O) groups is 1. The SMILES string of the molecule is CC(Oc1ccccc1/C=C/c1ccc(OCc2ccc3ccccc3n2)cc1)C(=O)O. The second-order valence-corrected chi connectivity index (χ2v) is 7.32. The van der Waals surface area contributed by atoms with Crippen LogP contribution >= 0.6 is 0 Å². The second kappa shape index (κ2) is 9.79. The van der Waals surface area contributed by atoms with Crippen molar-refractivity contribution in [3.05, 3.63) is 102 Å². The molecule has 0 bridgehead atoms. The Hall–Kier alpha value is -4.12. The number of rotatable bonds is 8. The second-order valence-electron chi connectivity index (χ2n) is 7.32. The van der Waals surface area contributed by atoms with E-state index in [1.54, 1.807) is 6.07 Å². The molecule has 3 aromatic carbocycles. The highest BCUT2D eigenvalue weighted by Gasteiger charge is 2.13. The summed E-state index contributed by atoms with van der Waals surface area (Å²) in [5, 5.41) is 10.2. The summed E-state index contributed by atoms with van der Waals surface area (Å²) in [6.45, 7) is 1.90. The Kier molecular flexibility index (Phi) is 6.46. The fourth-order valence-corrected chi connectivity index (χ4v) is 3.17. The van der Waals surface area contributed by atoms with Gasteiger partial charge in [0.05, 0.1) is 11.2 Å². The Labute approximate surface area is 186 Å². The minimum absolute atomic E-state index is 0.395. The maximum atomic E-state index is 11.1. The summed E-state index contributed by atoms with van der Waals surface area (Å²) in [7, 11) is 0. The Morgan fingerprint density at radius 3 is 2.50 bits per heavy atom. The molecule has 1 unspecified atom stereocenters. The topological polar surface area (TPSA) is 68.7 Å². The van der Waals surface area contributed by atoms with Gasteiger partial charge in [-0.1, -0.05) is 66.7 Å². The van der Waals surface area contributed by atoms with Gasteiger partial charge < -0.3 is 14.6 Å². The molecule has 0 aliphatic carbocycles. The standard InChI is InChI=1S/C27H23NO4/c1-19(27(29)30)32-26-9-5-3-7-22(26)13-10-20-11-16-24(17-12-20)31-18-23-15-14-21-6-2-4-8-25(21)28-23/h2-17,19H,18H2,1H3,(H,29,30)/b13-10+. The molecule has 0 aliphatic rings. The third-order valence-electron chi connectivity index (χ3n) is 4.95. The summed E-state index contributed by atoms with van der Waals surface area (Å²) in [5.41, 5.74) is 3.63. The van der Waals surface area contributed by atoms with Crippen molar-refractivity contribution in [2.24, 2.45) is 0 Å². The lowest BCUT2D eigenvalue weighted by atomic mass is 10.1. The van der Waals surface area contributed by atoms with Crippen LogP contribution in [0.15, 0.2) is 84.9 Å². The largest absolute Gasteiger partial charge is 0.487 e. The number of carboxylic acid groups (broad SMARTS) is 1. The summed E-state index contributed by atoms with van der Waals surface area (Å²) >= 11 is 0. The molecule has 0 aliphatic heterocycles. The molecule has 1 aromatic heterocycles. The molecule has 0 fully saturated rings. The van der Waals surface area contributed by atoms with Crippen LogP contribution in [0.25, 0.3) is 23.1 Å². The van der Waals surface area contributed by atoms with Gasteiger partial charge in [0.15, 0.2) is 6.10 Å². The summed E-state index contributed by atoms with van der Waals surface area (Å²) in [6.07, 6.45) is 2.93. The molecule has 0 amide bonds. The van der Waals surface area contributed by atoms with Crippen LogP contribution in [0.4, 0.5) is 0 Å². The van der Waals surface area contributed by atoms with Crippen LogP contribution in [0.3, 0.4) is 0 Å². The number of ether oxygens (including phenoxy) is 2. The van der Waals surface area contributed by atoms with Crippen LogP contribution in [0.2, 0.25) is 0 Å². The predicted molar refractivity (Wildman–Crippen MR) is 126 cm³/mol. The molecule has 0 saturated carbocycles. The molecule has 5 nitrogen and oxygen atoms in total. The van der Waals surface area contributed by atoms with E-state index in [1.165, 1.54) is 6.92 Å². The monoisotopic (exact) mass is 425 g/mol. The number of carboxylic acids is 1. The fourth-order valence-electron chi connectivity index (χ4n) is 3.17. The van der Waals surface area contributed by atoms with Gasteiger partial charge in [-0.25, -0.2) is 9.78 Å². The van der Waals surface area contributed by atoms with E-state index in [-0.39, 0.29) is 0 Å². The van der Waals surface area contributed by atoms with E-state index in [4.69, 9.17) is 14.6 Å². The predicted octanol–water partition coefficient (Wildman–Crippen LogP) is 5.84. The molecule has 4 rings (SSSR count). The number of aromatic nitrogens is 1. The number of hydrogen-bond acceptors (Lipinski definition) is 4. The lowest BCUT2D eigenvalue weighted by Crippen LogP contribution is -2.23. The van der Waals surface area contributed by atoms with Gasteiger partial charge in [-0.2, -0.15) is 0 Å². The number of aliphatic carboxylic acids is 1. The first-order chi connectivity index (χ1) is 15.6. The van der Waals surface area contributed by atoms with E-state index in [2.05, 4.69) is 4.98 Å². The van der Waals surface area contributed by atoms with Crippen molar-refractivity contribution in [3.8, 4) is 11.5 Å². The maximum absolute atomic E-state index is 11.1. The summed E-state index contributed by atoms with van der Waals surface area (Å²) in [5.74, 6) is 0.288. The first kappa shape index (κ1) is 21.1. The van der Waals surface area contributed by atoms with Crippen LogP contribution in [0, 0.1) is 0 Å². The third kappa shape index (κ3) is 5.32. The van der Waals surface area contributed by atoms with Crippen molar-refractivity contribution in [1.82, 2.24) is 4.98 Å². The van der Waals surface area contributed by atoms with E-state index >= 15 is 0 Å². The molecule has 0 radical (unpaired) electrons. The summed E-state index contributed by atoms with van der Waals surface area (Å²) < 4.78 is 11.4. The Morgan fingerprint density at radius 1 is 0.938 bits per heavy atom. The molecule has 4 aromatic rings. The highest BCUT2D eigenvalue weighted by atomic mass is 16.5. The highest BCUT2D eigenvalue weighted by Crippen LogP contribution is 2.23. The van der Waals surface area contributed by atoms with Gasteiger partial charge in [-0.3, -0.25) is 0 Å². The van der Waals surface area contributed by atoms with Crippen molar-refractivity contribution in [3.63, 3.8) is 0 Å². The molecule has 5 heteroatoms. The zero-order valence-electron chi connectivity index (χ0n) is 17.6. The normalized spacial score (nSPS) is 12.0. The number of nitrogens with zero attached hydrogens (tertiary/aromatic N) is 1. The summed E-state index contributed by atoms with van der Waals surface area (Å²) in [6, 6.07) is 27.1. The number of fused-ring (bicyclic) bond motifs is 1. The molecule has 1 heterocycles. The van der Waals surface area contributed by atoms with Gasteiger partial charge in [-0.05, 0) is 42.8 Å². The van der Waals surface area contributed by atoms with Gasteiger partial charge >= 0.3 is 5.97 Å². The van der Waals surface area contributed by atoms with E-state index in [9.17, 15) is 4.79 Å². The van der Waals surface area contributed by atoms with E-state index < -0.39 is 12.1 Å². The number of pyridine rings is 1. The lowest BCUT2D eigenvalue weighted by Gasteiger charge is -2.12. The summed E-state index contributed by atoms with van der Waals surface area (Å²) in [4.78, 5) is 15.7. The van der Waals surface area contributed by atoms with E-state index in [0.717, 1.165) is 33.5 Å². The first-order valence-corrected chi connectivity index (χ1v) is 10.3. The Balaban J connectivity index is 1.39. The van der Waals surface area contributed by atoms with Crippen molar-refractivity contribution in [1.29, 1.82) is 0 Å². The Bertz CT molecular complexity index is 1250. The van der Waals surface area contributed by atoms with E-state index in [0.29, 0.717) is 12.4 Å². The van der Waals surface area contributed by atoms with Crippen LogP contribution in [-0.2, 0) is 11.4 Å². The van der Waals surface area contributed by atoms with Gasteiger partial charge in [-0.15, -0.1) is 0 Å². The first-order valence-electron chi connectivity index (χ1n) is 10.3. The smallest absolute Gasteiger partial charge is 0.344 e. The number of benzene rings is 3. The zero-order valence-corrected chi connectivity index (χ0v) is 17.6. The van der Waals surface area contributed by atoms with Gasteiger partial charge in [0.1, 0.15) is 18.1 Å². The van der Waals surface area contributed by atoms with Crippen LogP contribution < -0.4 is 9.47 Å². The minimum atomic E-state index is -1.00. The van der Waals surface area contributed by atoms with Crippen LogP contribution in [0.5, 0.6) is 11.5 Å². The molecule has 1 atom stereocenters. The van der Waals surface area contributed by atoms with Crippen molar-refractivity contribution in [2.75, 3.05) is 0 Å². The van der Waals surface area contributed by atoms with Crippen LogP contribution in [0.1, 0.15) is 23.7 Å². The van der Waals surface area contributed by atoms with Crippen molar-refractivity contribution < 1.29 is 19.4 Å². The minimum Gasteiger partial charge on any atom is -0.487 e. The van der Waals surface area contributed by atoms with Crippen molar-refractivity contribution >= 4 is 29.0 Å². The van der Waals surface area contributed by atoms with Crippen molar-refractivity contribution in [2.45, 2.75) is 19.6 Å². The molecule has 0 spiro atoms. The average Bonchev–Trinajstić information content (AvgIpc) is 2.82. The van der Waals surface area contributed by atoms with E-state index in [1.807, 2.05) is 91.0 Å². The molecular weight excluding hydrogens is 402 g/mol. The number of para-hydroxylation sites is 2. The number of hydrogen-bond donors (Lipinski definition) is 1. The fraction of sp³-hybridized carbons (Fsp3) is 0.111. The molecule has 1 N–H and O–H groups in total. The molecule has 0 saturated heterocycles. The maximum Gasteiger partial charge on any atom is 0.344 e. The average molecular weight is 425 g/mol. The van der Waals surface area contributed by atoms with Crippen LogP contribution in [-0.4, -0.2) is 22.2 Å². The van der Waals surface area contributed by atoms with Gasteiger partial charge in [0, 0.05) is 10.9 Å². The quantitative estimate of drug-likeness (QED) is 0.359. The highest BCUT2D eigenvalue weighted by molar-refractivity contribution is 5.78.